The second-order valence-corrected chi connectivity index (χ2v) is 11.7. The highest BCUT2D eigenvalue weighted by Crippen LogP contribution is 2.57. The van der Waals surface area contributed by atoms with Crippen LogP contribution in [0.2, 0.25) is 0 Å². The van der Waals surface area contributed by atoms with Crippen molar-refractivity contribution < 1.29 is 4.74 Å². The van der Waals surface area contributed by atoms with Crippen LogP contribution in [0.4, 0.5) is 0 Å². The van der Waals surface area contributed by atoms with Crippen LogP contribution in [0.5, 0.6) is 11.5 Å². The van der Waals surface area contributed by atoms with Crippen molar-refractivity contribution >= 4 is 0 Å². The maximum absolute atomic E-state index is 6.65. The molecule has 0 N–H and O–H groups in total. The Labute approximate surface area is 241 Å². The number of fused-ring (bicyclic) bond motifs is 5. The van der Waals surface area contributed by atoms with Gasteiger partial charge in [-0.05, 0) is 62.7 Å². The smallest absolute Gasteiger partial charge is 0.132 e. The summed E-state index contributed by atoms with van der Waals surface area (Å²) in [5.74, 6) is 1.80. The Balaban J connectivity index is 1.45. The molecule has 1 aliphatic heterocycles. The van der Waals surface area contributed by atoms with E-state index in [0.717, 1.165) is 22.6 Å². The predicted octanol–water partition coefficient (Wildman–Crippen LogP) is 10.1. The third-order valence-electron chi connectivity index (χ3n) is 9.23. The van der Waals surface area contributed by atoms with Crippen LogP contribution in [-0.2, 0) is 10.8 Å². The van der Waals surface area contributed by atoms with E-state index in [1.165, 1.54) is 44.5 Å². The number of hydrogen-bond donors (Lipinski definition) is 0. The maximum atomic E-state index is 6.65. The van der Waals surface area contributed by atoms with Gasteiger partial charge in [0.05, 0.1) is 5.41 Å². The number of rotatable bonds is 3. The van der Waals surface area contributed by atoms with E-state index in [9.17, 15) is 0 Å². The second-order valence-electron chi connectivity index (χ2n) is 11.7. The minimum atomic E-state index is -0.530. The lowest BCUT2D eigenvalue weighted by Crippen LogP contribution is -2.34. The van der Waals surface area contributed by atoms with Crippen molar-refractivity contribution in [3.8, 4) is 33.8 Å². The fraction of sp³-hybridized carbons (Fsp3) is 0.100. The molecule has 0 radical (unpaired) electrons. The van der Waals surface area contributed by atoms with Gasteiger partial charge in [-0.2, -0.15) is 0 Å². The first-order valence-electron chi connectivity index (χ1n) is 14.4. The molecular formula is C40H30O. The molecule has 0 saturated carbocycles. The molecule has 0 aromatic heterocycles. The molecule has 1 aliphatic carbocycles. The Kier molecular flexibility index (Phi) is 5.15. The van der Waals surface area contributed by atoms with Gasteiger partial charge in [-0.1, -0.05) is 141 Å². The van der Waals surface area contributed by atoms with Crippen LogP contribution in [0.25, 0.3) is 22.3 Å². The van der Waals surface area contributed by atoms with Gasteiger partial charge in [0.1, 0.15) is 11.5 Å². The van der Waals surface area contributed by atoms with Crippen LogP contribution in [-0.4, -0.2) is 0 Å². The Morgan fingerprint density at radius 2 is 1.00 bits per heavy atom. The zero-order chi connectivity index (χ0) is 27.6. The lowest BCUT2D eigenvalue weighted by molar-refractivity contribution is 0.434. The van der Waals surface area contributed by atoms with Crippen molar-refractivity contribution in [2.75, 3.05) is 0 Å². The van der Waals surface area contributed by atoms with Crippen LogP contribution in [0.1, 0.15) is 47.2 Å². The van der Waals surface area contributed by atoms with E-state index in [1.807, 2.05) is 0 Å². The summed E-state index contributed by atoms with van der Waals surface area (Å²) < 4.78 is 6.65. The van der Waals surface area contributed by atoms with Gasteiger partial charge >= 0.3 is 0 Å². The lowest BCUT2D eigenvalue weighted by Gasteiger charge is -2.41. The first-order valence-corrected chi connectivity index (χ1v) is 14.4. The molecule has 0 spiro atoms. The van der Waals surface area contributed by atoms with Crippen LogP contribution in [0.15, 0.2) is 146 Å². The molecule has 1 heteroatoms. The van der Waals surface area contributed by atoms with Gasteiger partial charge in [-0.15, -0.1) is 0 Å². The van der Waals surface area contributed by atoms with Gasteiger partial charge in [-0.3, -0.25) is 0 Å². The molecule has 196 valence electrons. The molecule has 6 aromatic carbocycles. The third kappa shape index (κ3) is 3.30. The van der Waals surface area contributed by atoms with Gasteiger partial charge in [0, 0.05) is 16.5 Å². The minimum Gasteiger partial charge on any atom is -0.457 e. The molecule has 0 bridgehead atoms. The largest absolute Gasteiger partial charge is 0.457 e. The summed E-state index contributed by atoms with van der Waals surface area (Å²) in [6.07, 6.45) is 0. The van der Waals surface area contributed by atoms with Gasteiger partial charge in [0.15, 0.2) is 0 Å². The van der Waals surface area contributed by atoms with E-state index >= 15 is 0 Å². The SMILES string of the molecule is CC1(C)c2ccccc2-c2c(-c3ccc4c(c3)C(c3ccccc3)(c3ccccc3)c3ccccc3O4)cccc21. The first-order chi connectivity index (χ1) is 20.1. The highest BCUT2D eigenvalue weighted by molar-refractivity contribution is 5.93. The molecule has 41 heavy (non-hydrogen) atoms. The average molecular weight is 527 g/mol. The Bertz CT molecular complexity index is 1890. The van der Waals surface area contributed by atoms with E-state index in [4.69, 9.17) is 4.74 Å². The van der Waals surface area contributed by atoms with Crippen molar-refractivity contribution in [3.63, 3.8) is 0 Å². The summed E-state index contributed by atoms with van der Waals surface area (Å²) in [7, 11) is 0. The molecule has 6 aromatic rings. The zero-order valence-corrected chi connectivity index (χ0v) is 23.3. The Morgan fingerprint density at radius 3 is 1.73 bits per heavy atom. The minimum absolute atomic E-state index is 0.0456. The fourth-order valence-electron chi connectivity index (χ4n) is 7.37. The molecule has 0 unspecified atom stereocenters. The monoisotopic (exact) mass is 526 g/mol. The molecule has 0 atom stereocenters. The second kappa shape index (κ2) is 8.81. The topological polar surface area (TPSA) is 9.23 Å². The van der Waals surface area contributed by atoms with E-state index in [2.05, 4.69) is 159 Å². The van der Waals surface area contributed by atoms with Crippen molar-refractivity contribution in [3.05, 3.63) is 179 Å². The number of hydrogen-bond acceptors (Lipinski definition) is 1. The van der Waals surface area contributed by atoms with E-state index in [1.54, 1.807) is 0 Å². The number of ether oxygens (including phenoxy) is 1. The summed E-state index contributed by atoms with van der Waals surface area (Å²) in [5.41, 5.74) is 12.1. The van der Waals surface area contributed by atoms with Crippen LogP contribution in [0.3, 0.4) is 0 Å². The average Bonchev–Trinajstić information content (AvgIpc) is 3.27. The van der Waals surface area contributed by atoms with Gasteiger partial charge in [-0.25, -0.2) is 0 Å². The fourth-order valence-corrected chi connectivity index (χ4v) is 7.37. The summed E-state index contributed by atoms with van der Waals surface area (Å²) in [6.45, 7) is 4.68. The molecule has 1 heterocycles. The van der Waals surface area contributed by atoms with E-state index in [0.29, 0.717) is 0 Å². The van der Waals surface area contributed by atoms with Crippen molar-refractivity contribution in [1.29, 1.82) is 0 Å². The highest BCUT2D eigenvalue weighted by Gasteiger charge is 2.45. The lowest BCUT2D eigenvalue weighted by atomic mass is 9.63. The molecule has 1 nitrogen and oxygen atoms in total. The predicted molar refractivity (Wildman–Crippen MR) is 168 cm³/mol. The highest BCUT2D eigenvalue weighted by atomic mass is 16.5. The molecule has 8 rings (SSSR count). The maximum Gasteiger partial charge on any atom is 0.132 e. The molecule has 0 amide bonds. The third-order valence-corrected chi connectivity index (χ3v) is 9.23. The van der Waals surface area contributed by atoms with Crippen molar-refractivity contribution in [2.45, 2.75) is 24.7 Å². The van der Waals surface area contributed by atoms with Crippen molar-refractivity contribution in [2.24, 2.45) is 0 Å². The van der Waals surface area contributed by atoms with E-state index < -0.39 is 5.41 Å². The number of para-hydroxylation sites is 1. The summed E-state index contributed by atoms with van der Waals surface area (Å²) in [6, 6.07) is 52.8. The van der Waals surface area contributed by atoms with E-state index in [-0.39, 0.29) is 5.41 Å². The Morgan fingerprint density at radius 1 is 0.439 bits per heavy atom. The standard InChI is InChI=1S/C40H30O/c1-39(2)32-20-10-9-18-31(32)38-30(19-13-22-34(38)39)27-24-25-37-35(26-27)40(28-14-5-3-6-15-28,29-16-7-4-8-17-29)33-21-11-12-23-36(33)41-37/h3-26H,1-2H3. The summed E-state index contributed by atoms with van der Waals surface area (Å²) >= 11 is 0. The van der Waals surface area contributed by atoms with Crippen molar-refractivity contribution in [1.82, 2.24) is 0 Å². The van der Waals surface area contributed by atoms with Gasteiger partial charge in [0.25, 0.3) is 0 Å². The number of benzene rings is 6. The molecule has 2 aliphatic rings. The summed E-state index contributed by atoms with van der Waals surface area (Å²) in [4.78, 5) is 0. The Hall–Kier alpha value is -4.88. The molecule has 0 saturated heterocycles. The van der Waals surface area contributed by atoms with Crippen LogP contribution in [0, 0.1) is 0 Å². The van der Waals surface area contributed by atoms with Crippen LogP contribution < -0.4 is 4.74 Å². The van der Waals surface area contributed by atoms with Gasteiger partial charge < -0.3 is 4.74 Å². The van der Waals surface area contributed by atoms with Crippen LogP contribution >= 0.6 is 0 Å². The summed E-state index contributed by atoms with van der Waals surface area (Å²) in [5, 5.41) is 0. The first kappa shape index (κ1) is 24.0. The van der Waals surface area contributed by atoms with Gasteiger partial charge in [0.2, 0.25) is 0 Å². The normalized spacial score (nSPS) is 15.2. The quantitative estimate of drug-likeness (QED) is 0.223. The molecule has 0 fully saturated rings. The zero-order valence-electron chi connectivity index (χ0n) is 23.3. The molecular weight excluding hydrogens is 496 g/mol.